The third-order valence-electron chi connectivity index (χ3n) is 5.21. The monoisotopic (exact) mass is 478 g/mol. The molecule has 1 amide bonds. The Kier molecular flexibility index (Phi) is 6.79. The molecule has 4 aromatic carbocycles. The van der Waals surface area contributed by atoms with Crippen LogP contribution in [0, 0.1) is 5.82 Å². The summed E-state index contributed by atoms with van der Waals surface area (Å²) in [5, 5.41) is 4.71. The lowest BCUT2D eigenvalue weighted by molar-refractivity contribution is -0.122. The number of fused-ring (bicyclic) bond motifs is 1. The van der Waals surface area contributed by atoms with Gasteiger partial charge in [0.1, 0.15) is 11.6 Å². The summed E-state index contributed by atoms with van der Waals surface area (Å²) < 4.78 is 46.6. The highest BCUT2D eigenvalue weighted by molar-refractivity contribution is 7.92. The van der Waals surface area contributed by atoms with Crippen molar-refractivity contribution in [3.8, 4) is 5.75 Å². The molecular formula is C26H23FN2O4S. The minimum Gasteiger partial charge on any atom is -0.480 e. The summed E-state index contributed by atoms with van der Waals surface area (Å²) in [6.45, 7) is 1.85. The van der Waals surface area contributed by atoms with Gasteiger partial charge in [0.05, 0.1) is 4.90 Å². The number of anilines is 2. The number of hydrogen-bond donors (Lipinski definition) is 2. The molecule has 0 aliphatic carbocycles. The summed E-state index contributed by atoms with van der Waals surface area (Å²) >= 11 is 0. The van der Waals surface area contributed by atoms with Crippen molar-refractivity contribution >= 4 is 38.1 Å². The van der Waals surface area contributed by atoms with Gasteiger partial charge < -0.3 is 10.1 Å². The van der Waals surface area contributed by atoms with Gasteiger partial charge in [0.25, 0.3) is 15.9 Å². The number of amides is 1. The van der Waals surface area contributed by atoms with Gasteiger partial charge >= 0.3 is 0 Å². The lowest BCUT2D eigenvalue weighted by Crippen LogP contribution is -2.32. The maximum atomic E-state index is 13.0. The molecule has 174 valence electrons. The average Bonchev–Trinajstić information content (AvgIpc) is 2.84. The van der Waals surface area contributed by atoms with E-state index < -0.39 is 21.9 Å². The fourth-order valence-corrected chi connectivity index (χ4v) is 4.50. The first-order chi connectivity index (χ1) is 16.4. The van der Waals surface area contributed by atoms with Gasteiger partial charge in [-0.05, 0) is 66.4 Å². The van der Waals surface area contributed by atoms with Crippen molar-refractivity contribution < 1.29 is 22.3 Å². The highest BCUT2D eigenvalue weighted by Crippen LogP contribution is 2.27. The summed E-state index contributed by atoms with van der Waals surface area (Å²) in [6, 6.07) is 24.2. The van der Waals surface area contributed by atoms with E-state index in [1.165, 1.54) is 48.5 Å². The molecule has 1 atom stereocenters. The largest absolute Gasteiger partial charge is 0.480 e. The first-order valence-corrected chi connectivity index (χ1v) is 12.2. The zero-order chi connectivity index (χ0) is 24.1. The van der Waals surface area contributed by atoms with Crippen molar-refractivity contribution in [2.45, 2.75) is 24.3 Å². The third kappa shape index (κ3) is 5.35. The number of halogens is 1. The van der Waals surface area contributed by atoms with E-state index in [2.05, 4.69) is 10.0 Å². The number of rotatable bonds is 8. The van der Waals surface area contributed by atoms with Crippen LogP contribution >= 0.6 is 0 Å². The molecular weight excluding hydrogens is 455 g/mol. The molecule has 0 radical (unpaired) electrons. The molecule has 0 aliphatic heterocycles. The van der Waals surface area contributed by atoms with Gasteiger partial charge in [0, 0.05) is 16.8 Å². The van der Waals surface area contributed by atoms with Crippen molar-refractivity contribution in [2.24, 2.45) is 0 Å². The first kappa shape index (κ1) is 23.3. The van der Waals surface area contributed by atoms with Crippen molar-refractivity contribution in [1.29, 1.82) is 0 Å². The molecule has 8 heteroatoms. The zero-order valence-electron chi connectivity index (χ0n) is 18.4. The Morgan fingerprint density at radius 3 is 2.24 bits per heavy atom. The number of carbonyl (C=O) groups is 1. The maximum Gasteiger partial charge on any atom is 0.265 e. The summed E-state index contributed by atoms with van der Waals surface area (Å²) in [5.74, 6) is -0.179. The van der Waals surface area contributed by atoms with Crippen LogP contribution in [0.25, 0.3) is 10.8 Å². The van der Waals surface area contributed by atoms with Crippen LogP contribution in [-0.2, 0) is 14.8 Å². The second-order valence-corrected chi connectivity index (χ2v) is 9.30. The van der Waals surface area contributed by atoms with Crippen LogP contribution in [0.5, 0.6) is 5.75 Å². The number of benzene rings is 4. The maximum absolute atomic E-state index is 13.0. The van der Waals surface area contributed by atoms with Crippen LogP contribution in [-0.4, -0.2) is 20.4 Å². The SMILES string of the molecule is CC[C@H](Oc1cccc2ccccc12)C(=O)Nc1ccc(S(=O)(=O)Nc2ccc(F)cc2)cc1. The number of sulfonamides is 1. The number of ether oxygens (including phenoxy) is 1. The molecule has 0 saturated heterocycles. The van der Waals surface area contributed by atoms with Crippen LogP contribution in [0.1, 0.15) is 13.3 Å². The molecule has 34 heavy (non-hydrogen) atoms. The third-order valence-corrected chi connectivity index (χ3v) is 6.61. The minimum atomic E-state index is -3.86. The highest BCUT2D eigenvalue weighted by Gasteiger charge is 2.20. The van der Waals surface area contributed by atoms with Gasteiger partial charge in [0.2, 0.25) is 0 Å². The summed E-state index contributed by atoms with van der Waals surface area (Å²) in [4.78, 5) is 12.8. The van der Waals surface area contributed by atoms with Gasteiger partial charge in [0.15, 0.2) is 6.10 Å². The Hall–Kier alpha value is -3.91. The van der Waals surface area contributed by atoms with Gasteiger partial charge in [-0.1, -0.05) is 43.3 Å². The van der Waals surface area contributed by atoms with E-state index >= 15 is 0 Å². The van der Waals surface area contributed by atoms with E-state index in [4.69, 9.17) is 4.74 Å². The summed E-state index contributed by atoms with van der Waals surface area (Å²) in [7, 11) is -3.86. The molecule has 4 rings (SSSR count). The standard InChI is InChI=1S/C26H23FN2O4S/c1-2-24(33-25-9-5-7-18-6-3-4-8-23(18)25)26(30)28-20-14-16-22(17-15-20)34(31,32)29-21-12-10-19(27)11-13-21/h3-17,24,29H,2H2,1H3,(H,28,30)/t24-/m0/s1. The highest BCUT2D eigenvalue weighted by atomic mass is 32.2. The Morgan fingerprint density at radius 2 is 1.53 bits per heavy atom. The molecule has 0 fully saturated rings. The Labute approximate surface area is 197 Å². The van der Waals surface area contributed by atoms with Crippen molar-refractivity contribution in [3.05, 3.63) is 96.8 Å². The topological polar surface area (TPSA) is 84.5 Å². The molecule has 0 saturated carbocycles. The van der Waals surface area contributed by atoms with Crippen LogP contribution in [0.4, 0.5) is 15.8 Å². The summed E-state index contributed by atoms with van der Waals surface area (Å²) in [6.07, 6.45) is -0.280. The Morgan fingerprint density at radius 1 is 0.882 bits per heavy atom. The first-order valence-electron chi connectivity index (χ1n) is 10.7. The van der Waals surface area contributed by atoms with Gasteiger partial charge in [-0.25, -0.2) is 12.8 Å². The minimum absolute atomic E-state index is 0.00821. The molecule has 0 bridgehead atoms. The lowest BCUT2D eigenvalue weighted by Gasteiger charge is -2.18. The number of nitrogens with one attached hydrogen (secondary N) is 2. The van der Waals surface area contributed by atoms with E-state index in [0.717, 1.165) is 10.8 Å². The van der Waals surface area contributed by atoms with Crippen LogP contribution in [0.2, 0.25) is 0 Å². The molecule has 6 nitrogen and oxygen atoms in total. The Balaban J connectivity index is 1.44. The quantitative estimate of drug-likeness (QED) is 0.346. The molecule has 0 aliphatic rings. The van der Waals surface area contributed by atoms with E-state index in [9.17, 15) is 17.6 Å². The Bertz CT molecular complexity index is 1400. The molecule has 4 aromatic rings. The molecule has 0 heterocycles. The predicted octanol–water partition coefficient (Wildman–Crippen LogP) is 5.58. The van der Waals surface area contributed by atoms with Crippen LogP contribution < -0.4 is 14.8 Å². The van der Waals surface area contributed by atoms with E-state index in [-0.39, 0.29) is 16.5 Å². The van der Waals surface area contributed by atoms with Crippen LogP contribution in [0.15, 0.2) is 95.9 Å². The molecule has 0 aromatic heterocycles. The fraction of sp³-hybridized carbons (Fsp3) is 0.115. The molecule has 2 N–H and O–H groups in total. The van der Waals surface area contributed by atoms with Crippen LogP contribution in [0.3, 0.4) is 0 Å². The lowest BCUT2D eigenvalue weighted by atomic mass is 10.1. The number of hydrogen-bond acceptors (Lipinski definition) is 4. The normalized spacial score (nSPS) is 12.2. The van der Waals surface area contributed by atoms with Gasteiger partial charge in [-0.2, -0.15) is 0 Å². The van der Waals surface area contributed by atoms with E-state index in [1.807, 2.05) is 49.4 Å². The van der Waals surface area contributed by atoms with Crippen molar-refractivity contribution in [3.63, 3.8) is 0 Å². The molecule has 0 unspecified atom stereocenters. The predicted molar refractivity (Wildman–Crippen MR) is 131 cm³/mol. The van der Waals surface area contributed by atoms with Gasteiger partial charge in [-0.3, -0.25) is 9.52 Å². The average molecular weight is 479 g/mol. The smallest absolute Gasteiger partial charge is 0.265 e. The number of carbonyl (C=O) groups excluding carboxylic acids is 1. The fourth-order valence-electron chi connectivity index (χ4n) is 3.45. The van der Waals surface area contributed by atoms with Crippen molar-refractivity contribution in [1.82, 2.24) is 0 Å². The summed E-state index contributed by atoms with van der Waals surface area (Å²) in [5.41, 5.74) is 0.681. The van der Waals surface area contributed by atoms with E-state index in [1.54, 1.807) is 0 Å². The van der Waals surface area contributed by atoms with E-state index in [0.29, 0.717) is 17.9 Å². The second kappa shape index (κ2) is 9.93. The second-order valence-electron chi connectivity index (χ2n) is 7.62. The van der Waals surface area contributed by atoms with Crippen molar-refractivity contribution in [2.75, 3.05) is 10.0 Å². The molecule has 0 spiro atoms. The van der Waals surface area contributed by atoms with Gasteiger partial charge in [-0.15, -0.1) is 0 Å². The zero-order valence-corrected chi connectivity index (χ0v) is 19.2.